The number of amides is 2. The van der Waals surface area contributed by atoms with Gasteiger partial charge in [0, 0.05) is 11.1 Å². The highest BCUT2D eigenvalue weighted by atomic mass is 32.2. The predicted molar refractivity (Wildman–Crippen MR) is 107 cm³/mol. The van der Waals surface area contributed by atoms with Gasteiger partial charge >= 0.3 is 11.9 Å². The lowest BCUT2D eigenvalue weighted by Crippen LogP contribution is -2.70. The molecule has 1 fully saturated rings. The second-order valence-corrected chi connectivity index (χ2v) is 8.73. The third-order valence-electron chi connectivity index (χ3n) is 4.21. The van der Waals surface area contributed by atoms with E-state index in [2.05, 4.69) is 15.5 Å². The fourth-order valence-corrected chi connectivity index (χ4v) is 4.29. The van der Waals surface area contributed by atoms with Gasteiger partial charge in [0.2, 0.25) is 5.60 Å². The van der Waals surface area contributed by atoms with Crippen LogP contribution in [0, 0.1) is 0 Å². The molecule has 0 aromatic carbocycles. The topological polar surface area (TPSA) is 185 Å². The number of fused-ring (bicyclic) bond motifs is 1. The Morgan fingerprint density at radius 1 is 1.40 bits per heavy atom. The van der Waals surface area contributed by atoms with Gasteiger partial charge in [-0.15, -0.1) is 23.1 Å². The lowest BCUT2D eigenvalue weighted by molar-refractivity contribution is -0.161. The molecule has 3 heterocycles. The number of nitrogens with one attached hydrogen (secondary N) is 1. The summed E-state index contributed by atoms with van der Waals surface area (Å²) in [7, 11) is 0. The largest absolute Gasteiger partial charge is 0.478 e. The molecule has 2 amide bonds. The van der Waals surface area contributed by atoms with E-state index in [0.717, 1.165) is 16.2 Å². The number of rotatable bonds is 7. The summed E-state index contributed by atoms with van der Waals surface area (Å²) in [6.45, 7) is 2.49. The number of nitrogens with two attached hydrogens (primary N) is 1. The summed E-state index contributed by atoms with van der Waals surface area (Å²) in [4.78, 5) is 57.8. The van der Waals surface area contributed by atoms with Crippen molar-refractivity contribution in [3.8, 4) is 0 Å². The summed E-state index contributed by atoms with van der Waals surface area (Å²) >= 11 is 2.32. The van der Waals surface area contributed by atoms with Crippen LogP contribution >= 0.6 is 23.1 Å². The Hall–Kier alpha value is -3.13. The number of aliphatic carboxylic acids is 2. The van der Waals surface area contributed by atoms with Gasteiger partial charge in [0.25, 0.3) is 11.8 Å². The number of carbonyl (C=O) groups is 4. The van der Waals surface area contributed by atoms with Gasteiger partial charge in [0.1, 0.15) is 22.8 Å². The van der Waals surface area contributed by atoms with Crippen molar-refractivity contribution in [2.45, 2.75) is 30.9 Å². The van der Waals surface area contributed by atoms with E-state index in [1.54, 1.807) is 0 Å². The van der Waals surface area contributed by atoms with Crippen LogP contribution in [-0.4, -0.2) is 72.3 Å². The highest BCUT2D eigenvalue weighted by Crippen LogP contribution is 2.37. The Kier molecular flexibility index (Phi) is 5.72. The predicted octanol–water partition coefficient (Wildman–Crippen LogP) is -0.322. The molecule has 14 heteroatoms. The Morgan fingerprint density at radius 3 is 2.67 bits per heavy atom. The molecule has 5 N–H and O–H groups in total. The number of aromatic nitrogens is 1. The van der Waals surface area contributed by atoms with E-state index in [0.29, 0.717) is 5.75 Å². The van der Waals surface area contributed by atoms with Gasteiger partial charge in [-0.1, -0.05) is 5.16 Å². The molecule has 2 unspecified atom stereocenters. The molecule has 1 aromatic rings. The number of thiazole rings is 1. The number of hydrogen-bond donors (Lipinski definition) is 4. The zero-order chi connectivity index (χ0) is 22.2. The first-order valence-corrected chi connectivity index (χ1v) is 10.4. The van der Waals surface area contributed by atoms with Crippen molar-refractivity contribution >= 4 is 57.7 Å². The van der Waals surface area contributed by atoms with Gasteiger partial charge in [-0.2, -0.15) is 0 Å². The number of carboxylic acids is 2. The van der Waals surface area contributed by atoms with Crippen molar-refractivity contribution in [3.05, 3.63) is 22.8 Å². The minimum atomic E-state index is -1.73. The maximum absolute atomic E-state index is 12.8. The summed E-state index contributed by atoms with van der Waals surface area (Å²) in [5.41, 5.74) is 3.42. The van der Waals surface area contributed by atoms with Crippen LogP contribution in [0.3, 0.4) is 0 Å². The average molecular weight is 455 g/mol. The van der Waals surface area contributed by atoms with Gasteiger partial charge in [-0.25, -0.2) is 14.6 Å². The van der Waals surface area contributed by atoms with E-state index in [9.17, 15) is 24.3 Å². The van der Waals surface area contributed by atoms with Crippen molar-refractivity contribution < 1.29 is 34.2 Å². The Balaban J connectivity index is 1.81. The normalized spacial score (nSPS) is 21.3. The average Bonchev–Trinajstić information content (AvgIpc) is 3.11. The molecule has 1 aromatic heterocycles. The smallest absolute Gasteiger partial charge is 0.352 e. The molecular formula is C16H17N5O7S2. The minimum Gasteiger partial charge on any atom is -0.478 e. The van der Waals surface area contributed by atoms with Gasteiger partial charge in [-0.3, -0.25) is 14.5 Å². The second-order valence-electron chi connectivity index (χ2n) is 6.70. The highest BCUT2D eigenvalue weighted by molar-refractivity contribution is 8.00. The lowest BCUT2D eigenvalue weighted by atomic mass is 10.0. The van der Waals surface area contributed by atoms with E-state index in [4.69, 9.17) is 15.7 Å². The van der Waals surface area contributed by atoms with E-state index < -0.39 is 40.8 Å². The maximum atomic E-state index is 12.8. The Bertz CT molecular complexity index is 986. The number of carboxylic acid groups (broad SMARTS) is 2. The highest BCUT2D eigenvalue weighted by Gasteiger charge is 2.53. The number of hydrogen-bond acceptors (Lipinski definition) is 10. The second kappa shape index (κ2) is 7.95. The molecule has 2 atom stereocenters. The Labute approximate surface area is 177 Å². The van der Waals surface area contributed by atoms with E-state index in [1.165, 1.54) is 37.1 Å². The van der Waals surface area contributed by atoms with E-state index >= 15 is 0 Å². The number of carbonyl (C=O) groups excluding carboxylic acids is 2. The van der Waals surface area contributed by atoms with Crippen LogP contribution in [0.5, 0.6) is 0 Å². The molecule has 30 heavy (non-hydrogen) atoms. The quantitative estimate of drug-likeness (QED) is 0.241. The molecular weight excluding hydrogens is 438 g/mol. The SMILES string of the molecule is CC(C)(ON=C(C(=O)NC1C(=O)N2C(C(=O)O)=CCSC12)c1csc(N)n1)C(=O)O. The molecule has 0 spiro atoms. The summed E-state index contributed by atoms with van der Waals surface area (Å²) in [5, 5.41) is 25.5. The van der Waals surface area contributed by atoms with Gasteiger partial charge in [-0.05, 0) is 19.9 Å². The van der Waals surface area contributed by atoms with Crippen LogP contribution in [0.4, 0.5) is 5.13 Å². The van der Waals surface area contributed by atoms with Gasteiger partial charge in [0.15, 0.2) is 10.8 Å². The summed E-state index contributed by atoms with van der Waals surface area (Å²) < 4.78 is 0. The van der Waals surface area contributed by atoms with Crippen LogP contribution in [0.15, 0.2) is 22.3 Å². The standard InChI is InChI=1S/C16H17N5O7S2/c1-16(2,14(26)27)28-20-8(6-5-30-15(17)18-6)10(22)19-9-11(23)21-7(13(24)25)3-4-29-12(9)21/h3,5,9,12H,4H2,1-2H3,(H2,17,18)(H,19,22)(H,24,25)(H,26,27). The Morgan fingerprint density at radius 2 is 2.10 bits per heavy atom. The number of thioether (sulfide) groups is 1. The molecule has 2 aliphatic rings. The molecule has 2 aliphatic heterocycles. The van der Waals surface area contributed by atoms with Gasteiger partial charge < -0.3 is 26.1 Å². The molecule has 12 nitrogen and oxygen atoms in total. The first-order chi connectivity index (χ1) is 14.0. The monoisotopic (exact) mass is 455 g/mol. The number of nitrogens with zero attached hydrogens (tertiary/aromatic N) is 3. The molecule has 1 saturated heterocycles. The van der Waals surface area contributed by atoms with Crippen LogP contribution < -0.4 is 11.1 Å². The van der Waals surface area contributed by atoms with Gasteiger partial charge in [0.05, 0.1) is 0 Å². The fourth-order valence-electron chi connectivity index (χ4n) is 2.55. The van der Waals surface area contributed by atoms with Crippen LogP contribution in [-0.2, 0) is 24.0 Å². The molecule has 0 saturated carbocycles. The van der Waals surface area contributed by atoms with E-state index in [-0.39, 0.29) is 22.2 Å². The molecule has 0 radical (unpaired) electrons. The van der Waals surface area contributed by atoms with Crippen LogP contribution in [0.25, 0.3) is 0 Å². The zero-order valence-corrected chi connectivity index (χ0v) is 17.3. The molecule has 0 aliphatic carbocycles. The maximum Gasteiger partial charge on any atom is 0.352 e. The van der Waals surface area contributed by atoms with Crippen molar-refractivity contribution in [2.24, 2.45) is 5.16 Å². The first kappa shape index (κ1) is 21.6. The number of nitrogen functional groups attached to an aromatic ring is 1. The van der Waals surface area contributed by atoms with Crippen LogP contribution in [0.2, 0.25) is 0 Å². The first-order valence-electron chi connectivity index (χ1n) is 8.43. The number of β-lactam (4-membered cyclic amide) rings is 1. The van der Waals surface area contributed by atoms with Crippen LogP contribution in [0.1, 0.15) is 19.5 Å². The van der Waals surface area contributed by atoms with E-state index in [1.807, 2.05) is 0 Å². The molecule has 3 rings (SSSR count). The number of oxime groups is 1. The zero-order valence-electron chi connectivity index (χ0n) is 15.7. The van der Waals surface area contributed by atoms with Crippen molar-refractivity contribution in [3.63, 3.8) is 0 Å². The third kappa shape index (κ3) is 3.95. The van der Waals surface area contributed by atoms with Crippen molar-refractivity contribution in [2.75, 3.05) is 11.5 Å². The lowest BCUT2D eigenvalue weighted by Gasteiger charge is -2.48. The summed E-state index contributed by atoms with van der Waals surface area (Å²) in [5.74, 6) is -3.60. The van der Waals surface area contributed by atoms with Crippen molar-refractivity contribution in [1.82, 2.24) is 15.2 Å². The summed E-state index contributed by atoms with van der Waals surface area (Å²) in [6, 6.07) is -0.987. The fraction of sp³-hybridized carbons (Fsp3) is 0.375. The third-order valence-corrected chi connectivity index (χ3v) is 6.07. The summed E-state index contributed by atoms with van der Waals surface area (Å²) in [6.07, 6.45) is 1.42. The molecule has 160 valence electrons. The minimum absolute atomic E-state index is 0.0437. The molecule has 0 bridgehead atoms. The number of anilines is 1. The van der Waals surface area contributed by atoms with Crippen molar-refractivity contribution in [1.29, 1.82) is 0 Å².